The van der Waals surface area contributed by atoms with Crippen LogP contribution in [0.2, 0.25) is 0 Å². The predicted octanol–water partition coefficient (Wildman–Crippen LogP) is 2.91. The van der Waals surface area contributed by atoms with Gasteiger partial charge in [-0.3, -0.25) is 0 Å². The molecule has 66 valence electrons. The van der Waals surface area contributed by atoms with Crippen molar-refractivity contribution in [2.45, 2.75) is 32.2 Å². The van der Waals surface area contributed by atoms with Crippen LogP contribution in [0.1, 0.15) is 32.2 Å². The Morgan fingerprint density at radius 3 is 3.17 bits per heavy atom. The lowest BCUT2D eigenvalue weighted by Gasteiger charge is -1.98. The molecule has 0 amide bonds. The topological polar surface area (TPSA) is 20.7 Å². The van der Waals surface area contributed by atoms with Gasteiger partial charge >= 0.3 is 0 Å². The van der Waals surface area contributed by atoms with Crippen LogP contribution in [0.4, 0.5) is 0 Å². The summed E-state index contributed by atoms with van der Waals surface area (Å²) < 4.78 is 3.06. The molecule has 0 aliphatic heterocycles. The molecule has 1 heterocycles. The number of aromatic nitrogens is 2. The fourth-order valence-electron chi connectivity index (χ4n) is 1.85. The molecule has 1 aromatic rings. The van der Waals surface area contributed by atoms with Crippen LogP contribution >= 0.6 is 12.2 Å². The van der Waals surface area contributed by atoms with Gasteiger partial charge in [-0.15, -0.1) is 0 Å². The molecule has 2 atom stereocenters. The molecular formula is C9H14N2S. The highest BCUT2D eigenvalue weighted by Gasteiger charge is 2.37. The smallest absolute Gasteiger partial charge is 0.177 e. The van der Waals surface area contributed by atoms with Crippen molar-refractivity contribution in [1.29, 1.82) is 0 Å². The fourth-order valence-corrected chi connectivity index (χ4v) is 2.11. The van der Waals surface area contributed by atoms with Crippen molar-refractivity contribution >= 4 is 12.2 Å². The van der Waals surface area contributed by atoms with Gasteiger partial charge in [-0.2, -0.15) is 0 Å². The monoisotopic (exact) mass is 182 g/mol. The van der Waals surface area contributed by atoms with Gasteiger partial charge in [0, 0.05) is 18.4 Å². The molecule has 2 nitrogen and oxygen atoms in total. The molecule has 2 rings (SSSR count). The summed E-state index contributed by atoms with van der Waals surface area (Å²) in [4.78, 5) is 3.03. The number of nitrogens with zero attached hydrogens (tertiary/aromatic N) is 1. The van der Waals surface area contributed by atoms with Gasteiger partial charge in [0.05, 0.1) is 0 Å². The Hall–Kier alpha value is -0.570. The van der Waals surface area contributed by atoms with Crippen molar-refractivity contribution in [3.05, 3.63) is 17.2 Å². The average Bonchev–Trinajstić information content (AvgIpc) is 2.67. The molecule has 0 aromatic carbocycles. The van der Waals surface area contributed by atoms with E-state index in [1.54, 1.807) is 0 Å². The lowest BCUT2D eigenvalue weighted by Crippen LogP contribution is -1.94. The van der Waals surface area contributed by atoms with Crippen LogP contribution in [-0.4, -0.2) is 9.55 Å². The maximum absolute atomic E-state index is 5.15. The highest BCUT2D eigenvalue weighted by molar-refractivity contribution is 7.71. The second-order valence-electron chi connectivity index (χ2n) is 3.52. The molecule has 12 heavy (non-hydrogen) atoms. The molecule has 1 aliphatic rings. The van der Waals surface area contributed by atoms with E-state index in [-0.39, 0.29) is 0 Å². The average molecular weight is 182 g/mol. The zero-order chi connectivity index (χ0) is 8.55. The quantitative estimate of drug-likeness (QED) is 0.713. The largest absolute Gasteiger partial charge is 0.337 e. The first-order valence-electron chi connectivity index (χ1n) is 4.58. The van der Waals surface area contributed by atoms with E-state index >= 15 is 0 Å². The van der Waals surface area contributed by atoms with Gasteiger partial charge in [0.15, 0.2) is 4.77 Å². The van der Waals surface area contributed by atoms with Crippen molar-refractivity contribution in [3.8, 4) is 0 Å². The molecule has 0 saturated heterocycles. The van der Waals surface area contributed by atoms with Crippen molar-refractivity contribution in [2.24, 2.45) is 5.92 Å². The maximum Gasteiger partial charge on any atom is 0.177 e. The highest BCUT2D eigenvalue weighted by atomic mass is 32.1. The van der Waals surface area contributed by atoms with Gasteiger partial charge in [-0.1, -0.05) is 13.3 Å². The third-order valence-electron chi connectivity index (χ3n) is 2.58. The normalized spacial score (nSPS) is 27.4. The third kappa shape index (κ3) is 1.33. The minimum atomic E-state index is 0.698. The summed E-state index contributed by atoms with van der Waals surface area (Å²) in [5, 5.41) is 0. The Morgan fingerprint density at radius 1 is 1.75 bits per heavy atom. The van der Waals surface area contributed by atoms with Gasteiger partial charge in [0.25, 0.3) is 0 Å². The SMILES string of the molecule is CCCC1CC1n1cc[nH]c1=S. The summed E-state index contributed by atoms with van der Waals surface area (Å²) in [7, 11) is 0. The summed E-state index contributed by atoms with van der Waals surface area (Å²) in [6.45, 7) is 2.24. The van der Waals surface area contributed by atoms with Crippen molar-refractivity contribution in [2.75, 3.05) is 0 Å². The molecule has 0 spiro atoms. The van der Waals surface area contributed by atoms with Crippen LogP contribution in [0.25, 0.3) is 0 Å². The van der Waals surface area contributed by atoms with Gasteiger partial charge in [0.2, 0.25) is 0 Å². The molecule has 1 fully saturated rings. The lowest BCUT2D eigenvalue weighted by molar-refractivity contribution is 0.603. The van der Waals surface area contributed by atoms with Crippen LogP contribution < -0.4 is 0 Å². The number of imidazole rings is 1. The van der Waals surface area contributed by atoms with Crippen LogP contribution in [-0.2, 0) is 0 Å². The number of H-pyrrole nitrogens is 1. The molecule has 3 heteroatoms. The minimum absolute atomic E-state index is 0.698. The van der Waals surface area contributed by atoms with Crippen LogP contribution in [0.5, 0.6) is 0 Å². The Morgan fingerprint density at radius 2 is 2.58 bits per heavy atom. The van der Waals surface area contributed by atoms with E-state index < -0.39 is 0 Å². The number of hydrogen-bond acceptors (Lipinski definition) is 1. The Balaban J connectivity index is 2.06. The lowest BCUT2D eigenvalue weighted by atomic mass is 10.2. The molecule has 1 aliphatic carbocycles. The molecule has 2 unspecified atom stereocenters. The second kappa shape index (κ2) is 3.05. The van der Waals surface area contributed by atoms with Gasteiger partial charge in [0.1, 0.15) is 0 Å². The van der Waals surface area contributed by atoms with Crippen LogP contribution in [0.3, 0.4) is 0 Å². The van der Waals surface area contributed by atoms with Crippen molar-refractivity contribution in [3.63, 3.8) is 0 Å². The molecule has 0 radical (unpaired) electrons. The molecule has 0 bridgehead atoms. The number of nitrogens with one attached hydrogen (secondary N) is 1. The summed E-state index contributed by atoms with van der Waals surface area (Å²) in [6, 6.07) is 0.698. The van der Waals surface area contributed by atoms with Gasteiger partial charge < -0.3 is 9.55 Å². The maximum atomic E-state index is 5.15. The summed E-state index contributed by atoms with van der Waals surface area (Å²) in [6.07, 6.45) is 7.93. The zero-order valence-electron chi connectivity index (χ0n) is 7.29. The van der Waals surface area contributed by atoms with Crippen molar-refractivity contribution < 1.29 is 0 Å². The molecule has 1 saturated carbocycles. The van der Waals surface area contributed by atoms with E-state index in [0.717, 1.165) is 10.7 Å². The minimum Gasteiger partial charge on any atom is -0.337 e. The van der Waals surface area contributed by atoms with Gasteiger partial charge in [-0.25, -0.2) is 0 Å². The van der Waals surface area contributed by atoms with Crippen molar-refractivity contribution in [1.82, 2.24) is 9.55 Å². The number of hydrogen-bond donors (Lipinski definition) is 1. The fraction of sp³-hybridized carbons (Fsp3) is 0.667. The first-order chi connectivity index (χ1) is 5.83. The Labute approximate surface area is 77.6 Å². The van der Waals surface area contributed by atoms with Gasteiger partial charge in [-0.05, 0) is 31.0 Å². The second-order valence-corrected chi connectivity index (χ2v) is 3.91. The first-order valence-corrected chi connectivity index (χ1v) is 4.99. The Kier molecular flexibility index (Phi) is 2.05. The number of rotatable bonds is 3. The zero-order valence-corrected chi connectivity index (χ0v) is 8.10. The highest BCUT2D eigenvalue weighted by Crippen LogP contribution is 2.46. The van der Waals surface area contributed by atoms with E-state index in [1.807, 2.05) is 6.20 Å². The molecular weight excluding hydrogens is 168 g/mol. The van der Waals surface area contributed by atoms with Crippen LogP contribution in [0.15, 0.2) is 12.4 Å². The van der Waals surface area contributed by atoms with E-state index in [0.29, 0.717) is 6.04 Å². The Bertz CT molecular complexity index is 312. The first kappa shape index (κ1) is 8.05. The van der Waals surface area contributed by atoms with E-state index in [9.17, 15) is 0 Å². The molecule has 1 aromatic heterocycles. The number of aromatic amines is 1. The van der Waals surface area contributed by atoms with E-state index in [4.69, 9.17) is 12.2 Å². The predicted molar refractivity (Wildman–Crippen MR) is 51.7 cm³/mol. The summed E-state index contributed by atoms with van der Waals surface area (Å²) in [5.41, 5.74) is 0. The van der Waals surface area contributed by atoms with E-state index in [2.05, 4.69) is 22.7 Å². The molecule has 1 N–H and O–H groups in total. The standard InChI is InChI=1S/C9H14N2S/c1-2-3-7-6-8(7)11-5-4-10-9(11)12/h4-5,7-8H,2-3,6H2,1H3,(H,10,12). The van der Waals surface area contributed by atoms with E-state index in [1.165, 1.54) is 19.3 Å². The van der Waals surface area contributed by atoms with Crippen LogP contribution in [0, 0.1) is 10.7 Å². The summed E-state index contributed by atoms with van der Waals surface area (Å²) >= 11 is 5.15. The summed E-state index contributed by atoms with van der Waals surface area (Å²) in [5.74, 6) is 0.887. The third-order valence-corrected chi connectivity index (χ3v) is 2.91.